The average Bonchev–Trinajstić information content (AvgIpc) is 3.55. The Kier molecular flexibility index (Phi) is 6.92. The highest BCUT2D eigenvalue weighted by molar-refractivity contribution is 6.22. The van der Waals surface area contributed by atoms with Gasteiger partial charge in [0.1, 0.15) is 0 Å². The minimum Gasteiger partial charge on any atom is -0.380 e. The van der Waals surface area contributed by atoms with Crippen molar-refractivity contribution >= 4 is 38.5 Å². The zero-order valence-corrected chi connectivity index (χ0v) is 28.0. The van der Waals surface area contributed by atoms with E-state index in [1.54, 1.807) is 0 Å². The molecule has 0 saturated heterocycles. The molecule has 1 unspecified atom stereocenters. The average molecular weight is 651 g/mol. The maximum absolute atomic E-state index is 3.70. The van der Waals surface area contributed by atoms with Gasteiger partial charge in [-0.1, -0.05) is 152 Å². The third-order valence-electron chi connectivity index (χ3n) is 10.5. The van der Waals surface area contributed by atoms with Gasteiger partial charge in [0.25, 0.3) is 0 Å². The van der Waals surface area contributed by atoms with Crippen molar-refractivity contribution in [1.29, 1.82) is 0 Å². The van der Waals surface area contributed by atoms with Gasteiger partial charge in [-0.2, -0.15) is 0 Å². The second-order valence-corrected chi connectivity index (χ2v) is 13.3. The number of hydrogen-bond acceptors (Lipinski definition) is 1. The van der Waals surface area contributed by atoms with Crippen molar-refractivity contribution in [2.45, 2.75) is 6.04 Å². The second-order valence-electron chi connectivity index (χ2n) is 13.3. The summed E-state index contributed by atoms with van der Waals surface area (Å²) in [7, 11) is 0. The van der Waals surface area contributed by atoms with Crippen LogP contribution in [0.5, 0.6) is 0 Å². The van der Waals surface area contributed by atoms with E-state index in [0.29, 0.717) is 0 Å². The van der Waals surface area contributed by atoms with Crippen LogP contribution in [-0.4, -0.2) is 4.57 Å². The number of benzene rings is 8. The van der Waals surface area contributed by atoms with E-state index in [9.17, 15) is 0 Å². The van der Waals surface area contributed by atoms with E-state index in [1.165, 1.54) is 82.6 Å². The van der Waals surface area contributed by atoms with Crippen LogP contribution in [0.25, 0.3) is 77.6 Å². The minimum absolute atomic E-state index is 0.0370. The summed E-state index contributed by atoms with van der Waals surface area (Å²) in [5, 5.41) is 10.0. The van der Waals surface area contributed by atoms with Crippen LogP contribution in [-0.2, 0) is 0 Å². The number of hydrogen-bond donors (Lipinski definition) is 1. The van der Waals surface area contributed by atoms with Crippen molar-refractivity contribution in [1.82, 2.24) is 9.88 Å². The lowest BCUT2D eigenvalue weighted by Crippen LogP contribution is -2.20. The summed E-state index contributed by atoms with van der Waals surface area (Å²) in [6.45, 7) is 0. The fourth-order valence-electron chi connectivity index (χ4n) is 8.24. The lowest BCUT2D eigenvalue weighted by Gasteiger charge is -2.23. The molecule has 0 radical (unpaired) electrons. The normalized spacial score (nSPS) is 13.8. The van der Waals surface area contributed by atoms with Crippen LogP contribution >= 0.6 is 0 Å². The topological polar surface area (TPSA) is 17.0 Å². The van der Waals surface area contributed by atoms with Crippen molar-refractivity contribution in [2.75, 3.05) is 0 Å². The molecule has 2 heteroatoms. The lowest BCUT2D eigenvalue weighted by molar-refractivity contribution is 0.722. The molecule has 240 valence electrons. The van der Waals surface area contributed by atoms with Crippen LogP contribution in [0.4, 0.5) is 0 Å². The van der Waals surface area contributed by atoms with Crippen LogP contribution in [0.2, 0.25) is 0 Å². The number of aromatic nitrogens is 1. The number of rotatable bonds is 5. The first-order valence-corrected chi connectivity index (χ1v) is 17.6. The third kappa shape index (κ3) is 4.80. The monoisotopic (exact) mass is 650 g/mol. The number of nitrogens with one attached hydrogen (secondary N) is 1. The Morgan fingerprint density at radius 1 is 0.412 bits per heavy atom. The van der Waals surface area contributed by atoms with E-state index in [0.717, 1.165) is 5.69 Å². The largest absolute Gasteiger partial charge is 0.380 e. The number of para-hydroxylation sites is 1. The summed E-state index contributed by atoms with van der Waals surface area (Å²) in [5.74, 6) is 0. The molecule has 8 aromatic carbocycles. The SMILES string of the molecule is C1=Cc2c(c3cc(-c4ccc5c(-c6ccccc6)c6ccccc6c(-c6ccccc6)c5c4)ccc3n2-c2ccccc2)C(c2ccccc2)N1. The van der Waals surface area contributed by atoms with Crippen LogP contribution in [0.1, 0.15) is 22.9 Å². The van der Waals surface area contributed by atoms with E-state index in [-0.39, 0.29) is 6.04 Å². The molecular weight excluding hydrogens is 617 g/mol. The Labute approximate surface area is 297 Å². The van der Waals surface area contributed by atoms with Gasteiger partial charge in [0.15, 0.2) is 0 Å². The first kappa shape index (κ1) is 29.3. The van der Waals surface area contributed by atoms with Gasteiger partial charge in [-0.05, 0) is 103 Å². The van der Waals surface area contributed by atoms with Crippen molar-refractivity contribution in [3.8, 4) is 39.1 Å². The summed E-state index contributed by atoms with van der Waals surface area (Å²) < 4.78 is 2.41. The highest BCUT2D eigenvalue weighted by Crippen LogP contribution is 2.46. The van der Waals surface area contributed by atoms with E-state index in [4.69, 9.17) is 0 Å². The fraction of sp³-hybridized carbons (Fsp3) is 0.0204. The molecule has 1 N–H and O–H groups in total. The van der Waals surface area contributed by atoms with E-state index >= 15 is 0 Å². The molecule has 0 spiro atoms. The summed E-state index contributed by atoms with van der Waals surface area (Å²) in [5.41, 5.74) is 13.5. The Morgan fingerprint density at radius 3 is 1.57 bits per heavy atom. The maximum Gasteiger partial charge on any atom is 0.0789 e. The predicted octanol–water partition coefficient (Wildman–Crippen LogP) is 12.6. The van der Waals surface area contributed by atoms with Gasteiger partial charge >= 0.3 is 0 Å². The molecule has 1 aliphatic heterocycles. The van der Waals surface area contributed by atoms with Gasteiger partial charge in [-0.15, -0.1) is 0 Å². The van der Waals surface area contributed by atoms with Crippen LogP contribution < -0.4 is 5.32 Å². The first-order valence-electron chi connectivity index (χ1n) is 17.6. The second kappa shape index (κ2) is 12.0. The Bertz CT molecular complexity index is 2740. The van der Waals surface area contributed by atoms with Crippen molar-refractivity contribution in [3.05, 3.63) is 205 Å². The molecule has 10 rings (SSSR count). The summed E-state index contributed by atoms with van der Waals surface area (Å²) in [6.07, 6.45) is 4.32. The number of nitrogens with zero attached hydrogens (tertiary/aromatic N) is 1. The molecule has 2 heterocycles. The molecule has 0 aliphatic carbocycles. The van der Waals surface area contributed by atoms with E-state index in [2.05, 4.69) is 204 Å². The standard InChI is InChI=1S/C49H34N2/c1-5-15-33(16-6-1)46-39-23-13-14-24-40(39)47(34-17-7-2-8-18-34)42-31-36(25-27-41(42)46)37-26-28-44-43(32-37)48-45(51(44)38-21-11-4-12-22-38)29-30-50-49(48)35-19-9-3-10-20-35/h1-32,49-50H. The molecule has 9 aromatic rings. The van der Waals surface area contributed by atoms with Gasteiger partial charge in [0, 0.05) is 16.6 Å². The molecule has 0 bridgehead atoms. The molecule has 1 atom stereocenters. The van der Waals surface area contributed by atoms with Gasteiger partial charge in [0.05, 0.1) is 17.3 Å². The lowest BCUT2D eigenvalue weighted by atomic mass is 9.85. The highest BCUT2D eigenvalue weighted by atomic mass is 15.0. The van der Waals surface area contributed by atoms with E-state index < -0.39 is 0 Å². The first-order chi connectivity index (χ1) is 25.3. The van der Waals surface area contributed by atoms with Crippen LogP contribution in [0, 0.1) is 0 Å². The van der Waals surface area contributed by atoms with Crippen molar-refractivity contribution < 1.29 is 0 Å². The molecule has 0 saturated carbocycles. The minimum atomic E-state index is 0.0370. The summed E-state index contributed by atoms with van der Waals surface area (Å²) in [4.78, 5) is 0. The van der Waals surface area contributed by atoms with Gasteiger partial charge in [0.2, 0.25) is 0 Å². The zero-order valence-electron chi connectivity index (χ0n) is 28.0. The zero-order chi connectivity index (χ0) is 33.7. The maximum atomic E-state index is 3.70. The quantitative estimate of drug-likeness (QED) is 0.183. The summed E-state index contributed by atoms with van der Waals surface area (Å²) in [6, 6.07) is 66.2. The Hall–Kier alpha value is -6.64. The summed E-state index contributed by atoms with van der Waals surface area (Å²) >= 11 is 0. The van der Waals surface area contributed by atoms with Gasteiger partial charge < -0.3 is 9.88 Å². The molecule has 0 amide bonds. The van der Waals surface area contributed by atoms with Crippen LogP contribution in [0.3, 0.4) is 0 Å². The Balaban J connectivity index is 1.25. The molecule has 0 fully saturated rings. The molecule has 51 heavy (non-hydrogen) atoms. The van der Waals surface area contributed by atoms with Gasteiger partial charge in [-0.3, -0.25) is 0 Å². The van der Waals surface area contributed by atoms with Crippen molar-refractivity contribution in [2.24, 2.45) is 0 Å². The van der Waals surface area contributed by atoms with Crippen molar-refractivity contribution in [3.63, 3.8) is 0 Å². The fourth-order valence-corrected chi connectivity index (χ4v) is 8.24. The predicted molar refractivity (Wildman–Crippen MR) is 215 cm³/mol. The molecule has 2 nitrogen and oxygen atoms in total. The Morgan fingerprint density at radius 2 is 0.922 bits per heavy atom. The smallest absolute Gasteiger partial charge is 0.0789 e. The molecular formula is C49H34N2. The van der Waals surface area contributed by atoms with E-state index in [1.807, 2.05) is 0 Å². The number of fused-ring (bicyclic) bond motifs is 5. The molecule has 1 aliphatic rings. The van der Waals surface area contributed by atoms with Gasteiger partial charge in [-0.25, -0.2) is 0 Å². The third-order valence-corrected chi connectivity index (χ3v) is 10.5. The molecule has 1 aromatic heterocycles. The van der Waals surface area contributed by atoms with Crippen LogP contribution in [0.15, 0.2) is 188 Å². The highest BCUT2D eigenvalue weighted by Gasteiger charge is 2.27.